The minimum Gasteiger partial charge on any atom is -0.395 e. The molecular formula is C19H15F6N7OS. The maximum absolute atomic E-state index is 12.8. The van der Waals surface area contributed by atoms with E-state index in [0.29, 0.717) is 22.9 Å². The van der Waals surface area contributed by atoms with Gasteiger partial charge in [0.05, 0.1) is 11.1 Å². The number of allylic oxidation sites excluding steroid dienone is 2. The first-order chi connectivity index (χ1) is 15.9. The van der Waals surface area contributed by atoms with Crippen LogP contribution < -0.4 is 11.1 Å². The highest BCUT2D eigenvalue weighted by Crippen LogP contribution is 2.32. The van der Waals surface area contributed by atoms with E-state index in [1.165, 1.54) is 30.9 Å². The van der Waals surface area contributed by atoms with E-state index in [0.717, 1.165) is 16.2 Å². The Labute approximate surface area is 191 Å². The van der Waals surface area contributed by atoms with Crippen LogP contribution in [0.25, 0.3) is 10.7 Å². The van der Waals surface area contributed by atoms with E-state index in [-0.39, 0.29) is 17.5 Å². The third-order valence-corrected chi connectivity index (χ3v) is 4.95. The Morgan fingerprint density at radius 3 is 2.59 bits per heavy atom. The van der Waals surface area contributed by atoms with E-state index < -0.39 is 23.9 Å². The summed E-state index contributed by atoms with van der Waals surface area (Å²) in [6.45, 7) is 1.68. The molecule has 0 spiro atoms. The van der Waals surface area contributed by atoms with Gasteiger partial charge in [0.2, 0.25) is 5.82 Å². The highest BCUT2D eigenvalue weighted by molar-refractivity contribution is 7.15. The molecule has 0 bridgehead atoms. The van der Waals surface area contributed by atoms with Crippen LogP contribution in [0, 0.1) is 0 Å². The standard InChI is InChI=1S/C19H15F6N7OS/c1-10(6-11-2-3-12(34-11)16-31-17(33-32-16)19(23,24)25)8-29-14(7-13(26)18(20,21)22)30-15-9-27-4-5-28-15/h2-5,7-9H,6,26H2,1H3,(H,28,29,30)/b10-8+,13-7-. The molecule has 0 amide bonds. The molecular weight excluding hydrogens is 488 g/mol. The van der Waals surface area contributed by atoms with Crippen LogP contribution >= 0.6 is 11.3 Å². The number of amidine groups is 1. The normalized spacial score (nSPS) is 13.9. The molecule has 0 saturated heterocycles. The van der Waals surface area contributed by atoms with Crippen molar-refractivity contribution in [2.75, 3.05) is 5.32 Å². The van der Waals surface area contributed by atoms with Crippen molar-refractivity contribution in [2.45, 2.75) is 25.7 Å². The summed E-state index contributed by atoms with van der Waals surface area (Å²) in [5.74, 6) is -1.73. The second kappa shape index (κ2) is 10.0. The summed E-state index contributed by atoms with van der Waals surface area (Å²) in [6.07, 6.45) is -3.21. The average molecular weight is 503 g/mol. The van der Waals surface area contributed by atoms with Crippen LogP contribution in [0.15, 0.2) is 63.8 Å². The molecule has 0 aliphatic heterocycles. The molecule has 15 heteroatoms. The lowest BCUT2D eigenvalue weighted by atomic mass is 10.2. The number of aromatic nitrogens is 4. The SMILES string of the molecule is C\C(=C/N=C(\C=C(/N)C(F)(F)F)Nc1cnccn1)Cc1ccc(-c2noc(C(F)(F)F)n2)s1. The van der Waals surface area contributed by atoms with Crippen LogP contribution in [0.3, 0.4) is 0 Å². The molecule has 3 rings (SSSR count). The van der Waals surface area contributed by atoms with E-state index in [4.69, 9.17) is 5.73 Å². The summed E-state index contributed by atoms with van der Waals surface area (Å²) in [4.78, 5) is 16.2. The van der Waals surface area contributed by atoms with Gasteiger partial charge in [-0.05, 0) is 24.6 Å². The number of hydrogen-bond donors (Lipinski definition) is 2. The minimum absolute atomic E-state index is 0.153. The van der Waals surface area contributed by atoms with Gasteiger partial charge >= 0.3 is 18.2 Å². The summed E-state index contributed by atoms with van der Waals surface area (Å²) in [5, 5.41) is 5.93. The first-order valence-electron chi connectivity index (χ1n) is 9.22. The molecule has 0 aliphatic carbocycles. The van der Waals surface area contributed by atoms with Gasteiger partial charge in [-0.1, -0.05) is 5.16 Å². The Bertz CT molecular complexity index is 1210. The molecule has 0 fully saturated rings. The van der Waals surface area contributed by atoms with Crippen molar-refractivity contribution >= 4 is 23.0 Å². The van der Waals surface area contributed by atoms with Gasteiger partial charge in [0.1, 0.15) is 17.4 Å². The molecule has 0 radical (unpaired) electrons. The summed E-state index contributed by atoms with van der Waals surface area (Å²) < 4.78 is 80.6. The monoisotopic (exact) mass is 503 g/mol. The van der Waals surface area contributed by atoms with Crippen LogP contribution in [-0.4, -0.2) is 32.1 Å². The Balaban J connectivity index is 1.77. The van der Waals surface area contributed by atoms with Crippen molar-refractivity contribution in [1.82, 2.24) is 20.1 Å². The zero-order chi connectivity index (χ0) is 24.9. The summed E-state index contributed by atoms with van der Waals surface area (Å²) in [6, 6.07) is 3.19. The van der Waals surface area contributed by atoms with E-state index >= 15 is 0 Å². The molecule has 34 heavy (non-hydrogen) atoms. The van der Waals surface area contributed by atoms with Crippen molar-refractivity contribution in [3.63, 3.8) is 0 Å². The number of nitrogens with one attached hydrogen (secondary N) is 1. The number of anilines is 1. The molecule has 0 aliphatic rings. The number of hydrogen-bond acceptors (Lipinski definition) is 8. The number of halogens is 6. The number of rotatable bonds is 6. The number of aliphatic imine (C=N–C) groups is 1. The van der Waals surface area contributed by atoms with Crippen LogP contribution in [0.4, 0.5) is 32.2 Å². The molecule has 0 aromatic carbocycles. The fourth-order valence-electron chi connectivity index (χ4n) is 2.36. The van der Waals surface area contributed by atoms with E-state index in [1.54, 1.807) is 13.0 Å². The minimum atomic E-state index is -4.75. The predicted octanol–water partition coefficient (Wildman–Crippen LogP) is 4.97. The number of thiophene rings is 1. The Kier molecular flexibility index (Phi) is 7.34. The highest BCUT2D eigenvalue weighted by atomic mass is 32.1. The second-order valence-electron chi connectivity index (χ2n) is 6.67. The lowest BCUT2D eigenvalue weighted by Gasteiger charge is -2.09. The zero-order valence-corrected chi connectivity index (χ0v) is 18.0. The molecule has 3 aromatic heterocycles. The van der Waals surface area contributed by atoms with Crippen molar-refractivity contribution in [2.24, 2.45) is 10.7 Å². The van der Waals surface area contributed by atoms with Crippen molar-refractivity contribution < 1.29 is 30.9 Å². The van der Waals surface area contributed by atoms with E-state index in [9.17, 15) is 26.3 Å². The molecule has 8 nitrogen and oxygen atoms in total. The lowest BCUT2D eigenvalue weighted by molar-refractivity contribution is -0.159. The van der Waals surface area contributed by atoms with Gasteiger partial charge in [0.25, 0.3) is 0 Å². The molecule has 0 atom stereocenters. The van der Waals surface area contributed by atoms with Crippen molar-refractivity contribution in [1.29, 1.82) is 0 Å². The molecule has 180 valence electrons. The smallest absolute Gasteiger partial charge is 0.395 e. The van der Waals surface area contributed by atoms with Gasteiger partial charge in [-0.2, -0.15) is 31.3 Å². The maximum Gasteiger partial charge on any atom is 0.471 e. The Morgan fingerprint density at radius 1 is 1.21 bits per heavy atom. The largest absolute Gasteiger partial charge is 0.471 e. The third kappa shape index (κ3) is 6.87. The van der Waals surface area contributed by atoms with Crippen molar-refractivity contribution in [3.05, 3.63) is 65.0 Å². The molecule has 0 unspecified atom stereocenters. The number of alkyl halides is 6. The molecule has 3 aromatic rings. The highest BCUT2D eigenvalue weighted by Gasteiger charge is 2.38. The van der Waals surface area contributed by atoms with Gasteiger partial charge in [0, 0.05) is 36.0 Å². The van der Waals surface area contributed by atoms with E-state index in [2.05, 4.69) is 34.9 Å². The molecule has 0 saturated carbocycles. The van der Waals surface area contributed by atoms with Gasteiger partial charge in [-0.15, -0.1) is 11.3 Å². The quantitative estimate of drug-likeness (QED) is 0.277. The molecule has 3 heterocycles. The zero-order valence-electron chi connectivity index (χ0n) is 17.1. The molecule has 3 N–H and O–H groups in total. The topological polar surface area (TPSA) is 115 Å². The van der Waals surface area contributed by atoms with Gasteiger partial charge in [-0.3, -0.25) is 4.98 Å². The Hall–Kier alpha value is -3.75. The number of nitrogens with two attached hydrogens (primary N) is 1. The summed E-state index contributed by atoms with van der Waals surface area (Å²) >= 11 is 1.13. The first-order valence-corrected chi connectivity index (χ1v) is 10.0. The first kappa shape index (κ1) is 24.9. The average Bonchev–Trinajstić information content (AvgIpc) is 3.41. The van der Waals surface area contributed by atoms with Crippen LogP contribution in [-0.2, 0) is 12.6 Å². The maximum atomic E-state index is 12.8. The summed E-state index contributed by atoms with van der Waals surface area (Å²) in [7, 11) is 0. The van der Waals surface area contributed by atoms with Gasteiger partial charge < -0.3 is 15.6 Å². The third-order valence-electron chi connectivity index (χ3n) is 3.87. The van der Waals surface area contributed by atoms with Gasteiger partial charge in [-0.25, -0.2) is 9.98 Å². The second-order valence-corrected chi connectivity index (χ2v) is 7.83. The van der Waals surface area contributed by atoms with Gasteiger partial charge in [0.15, 0.2) is 0 Å². The summed E-state index contributed by atoms with van der Waals surface area (Å²) in [5.41, 5.74) is 4.36. The number of nitrogens with zero attached hydrogens (tertiary/aromatic N) is 5. The van der Waals surface area contributed by atoms with Crippen LogP contribution in [0.2, 0.25) is 0 Å². The predicted molar refractivity (Wildman–Crippen MR) is 111 cm³/mol. The lowest BCUT2D eigenvalue weighted by Crippen LogP contribution is -2.22. The van der Waals surface area contributed by atoms with Crippen molar-refractivity contribution in [3.8, 4) is 10.7 Å². The Morgan fingerprint density at radius 2 is 1.97 bits per heavy atom. The van der Waals surface area contributed by atoms with E-state index in [1.807, 2.05) is 0 Å². The van der Waals surface area contributed by atoms with Crippen LogP contribution in [0.5, 0.6) is 0 Å². The fraction of sp³-hybridized carbons (Fsp3) is 0.211. The van der Waals surface area contributed by atoms with Crippen LogP contribution in [0.1, 0.15) is 17.7 Å². The fourth-order valence-corrected chi connectivity index (χ4v) is 3.39.